The Morgan fingerprint density at radius 1 is 0.947 bits per heavy atom. The molecule has 3 rings (SSSR count). The lowest BCUT2D eigenvalue weighted by Gasteiger charge is -2.06. The van der Waals surface area contributed by atoms with Crippen LogP contribution >= 0.6 is 11.6 Å². The molecule has 0 spiro atoms. The van der Waals surface area contributed by atoms with E-state index in [-0.39, 0.29) is 5.75 Å². The molecule has 94 valence electrons. The van der Waals surface area contributed by atoms with Crippen LogP contribution in [0.15, 0.2) is 48.5 Å². The van der Waals surface area contributed by atoms with E-state index >= 15 is 0 Å². The van der Waals surface area contributed by atoms with Gasteiger partial charge in [0.2, 0.25) is 0 Å². The van der Waals surface area contributed by atoms with Crippen LogP contribution in [0.25, 0.3) is 10.9 Å². The van der Waals surface area contributed by atoms with E-state index < -0.39 is 0 Å². The van der Waals surface area contributed by atoms with E-state index in [1.165, 1.54) is 0 Å². The molecule has 2 N–H and O–H groups in total. The van der Waals surface area contributed by atoms with E-state index in [1.54, 1.807) is 30.3 Å². The van der Waals surface area contributed by atoms with E-state index in [2.05, 4.69) is 15.5 Å². The lowest BCUT2D eigenvalue weighted by atomic mass is 10.2. The molecule has 4 nitrogen and oxygen atoms in total. The van der Waals surface area contributed by atoms with Crippen LogP contribution in [0.2, 0.25) is 5.02 Å². The summed E-state index contributed by atoms with van der Waals surface area (Å²) in [5.74, 6) is 0.866. The lowest BCUT2D eigenvalue weighted by molar-refractivity contribution is 0.475. The maximum Gasteiger partial charge on any atom is 0.153 e. The molecule has 0 saturated heterocycles. The number of fused-ring (bicyclic) bond motifs is 1. The molecule has 0 atom stereocenters. The third-order valence-corrected chi connectivity index (χ3v) is 2.92. The van der Waals surface area contributed by atoms with Crippen molar-refractivity contribution >= 4 is 34.0 Å². The van der Waals surface area contributed by atoms with Gasteiger partial charge < -0.3 is 10.4 Å². The highest BCUT2D eigenvalue weighted by molar-refractivity contribution is 6.31. The molecule has 1 heterocycles. The second-order valence-corrected chi connectivity index (χ2v) is 4.54. The van der Waals surface area contributed by atoms with Gasteiger partial charge in [-0.25, -0.2) is 0 Å². The molecule has 5 heteroatoms. The smallest absolute Gasteiger partial charge is 0.153 e. The van der Waals surface area contributed by atoms with Crippen molar-refractivity contribution in [3.63, 3.8) is 0 Å². The number of halogens is 1. The zero-order valence-electron chi connectivity index (χ0n) is 9.84. The molecule has 1 aromatic heterocycles. The number of phenols is 1. The van der Waals surface area contributed by atoms with Gasteiger partial charge in [-0.15, -0.1) is 10.2 Å². The van der Waals surface area contributed by atoms with E-state index in [0.717, 1.165) is 16.6 Å². The van der Waals surface area contributed by atoms with Crippen molar-refractivity contribution in [1.29, 1.82) is 0 Å². The highest BCUT2D eigenvalue weighted by Gasteiger charge is 2.01. The van der Waals surface area contributed by atoms with Crippen molar-refractivity contribution in [2.24, 2.45) is 0 Å². The summed E-state index contributed by atoms with van der Waals surface area (Å²) in [6.07, 6.45) is 0. The third kappa shape index (κ3) is 2.58. The highest BCUT2D eigenvalue weighted by atomic mass is 35.5. The number of aromatic hydroxyl groups is 1. The Morgan fingerprint density at radius 2 is 1.74 bits per heavy atom. The molecular weight excluding hydrogens is 262 g/mol. The van der Waals surface area contributed by atoms with Crippen LogP contribution < -0.4 is 5.32 Å². The molecule has 0 saturated carbocycles. The zero-order chi connectivity index (χ0) is 13.2. The summed E-state index contributed by atoms with van der Waals surface area (Å²) in [6, 6.07) is 14.1. The van der Waals surface area contributed by atoms with E-state index in [4.69, 9.17) is 11.6 Å². The molecule has 0 radical (unpaired) electrons. The Kier molecular flexibility index (Phi) is 2.93. The normalized spacial score (nSPS) is 10.6. The van der Waals surface area contributed by atoms with Gasteiger partial charge in [0, 0.05) is 16.1 Å². The van der Waals surface area contributed by atoms with Crippen LogP contribution in [0, 0.1) is 0 Å². The van der Waals surface area contributed by atoms with Crippen molar-refractivity contribution in [3.8, 4) is 5.75 Å². The summed E-state index contributed by atoms with van der Waals surface area (Å²) in [4.78, 5) is 0. The van der Waals surface area contributed by atoms with E-state index in [9.17, 15) is 5.11 Å². The van der Waals surface area contributed by atoms with Crippen LogP contribution in [0.4, 0.5) is 11.5 Å². The molecule has 0 aliphatic carbocycles. The quantitative estimate of drug-likeness (QED) is 0.697. The molecule has 0 amide bonds. The van der Waals surface area contributed by atoms with Gasteiger partial charge in [-0.3, -0.25) is 0 Å². The number of rotatable bonds is 2. The maximum absolute atomic E-state index is 9.22. The fourth-order valence-corrected chi connectivity index (χ4v) is 1.93. The van der Waals surface area contributed by atoms with Crippen molar-refractivity contribution in [2.45, 2.75) is 0 Å². The van der Waals surface area contributed by atoms with E-state index in [0.29, 0.717) is 10.8 Å². The first-order valence-electron chi connectivity index (χ1n) is 5.70. The van der Waals surface area contributed by atoms with Crippen LogP contribution in [0.1, 0.15) is 0 Å². The summed E-state index contributed by atoms with van der Waals surface area (Å²) < 4.78 is 0. The fourth-order valence-electron chi connectivity index (χ4n) is 1.76. The Hall–Kier alpha value is -2.33. The van der Waals surface area contributed by atoms with Crippen molar-refractivity contribution in [1.82, 2.24) is 10.2 Å². The number of benzene rings is 2. The van der Waals surface area contributed by atoms with Crippen molar-refractivity contribution < 1.29 is 5.11 Å². The molecule has 0 unspecified atom stereocenters. The van der Waals surface area contributed by atoms with Gasteiger partial charge >= 0.3 is 0 Å². The van der Waals surface area contributed by atoms with Gasteiger partial charge in [0.05, 0.1) is 5.52 Å². The number of hydrogen-bond donors (Lipinski definition) is 2. The molecular formula is C14H10ClN3O. The highest BCUT2D eigenvalue weighted by Crippen LogP contribution is 2.22. The Bertz CT molecular complexity index is 728. The first-order valence-corrected chi connectivity index (χ1v) is 6.07. The lowest BCUT2D eigenvalue weighted by Crippen LogP contribution is -1.95. The second-order valence-electron chi connectivity index (χ2n) is 4.10. The van der Waals surface area contributed by atoms with Crippen LogP contribution in [-0.2, 0) is 0 Å². The Labute approximate surface area is 114 Å². The van der Waals surface area contributed by atoms with Gasteiger partial charge in [-0.1, -0.05) is 17.7 Å². The minimum Gasteiger partial charge on any atom is -0.508 e. The first kappa shape index (κ1) is 11.7. The average molecular weight is 272 g/mol. The standard InChI is InChI=1S/C14H10ClN3O/c15-10-2-1-9-7-14(18-17-13(9)8-10)16-11-3-5-12(19)6-4-11/h1-8,19H,(H,16,18). The number of nitrogens with zero attached hydrogens (tertiary/aromatic N) is 2. The SMILES string of the molecule is Oc1ccc(Nc2cc3ccc(Cl)cc3nn2)cc1. The summed E-state index contributed by atoms with van der Waals surface area (Å²) in [6.45, 7) is 0. The molecule has 0 aliphatic heterocycles. The Morgan fingerprint density at radius 3 is 2.53 bits per heavy atom. The monoisotopic (exact) mass is 271 g/mol. The molecule has 0 aliphatic rings. The number of hydrogen-bond acceptors (Lipinski definition) is 4. The molecule has 0 fully saturated rings. The van der Waals surface area contributed by atoms with Gasteiger partial charge in [0.15, 0.2) is 5.82 Å². The number of aromatic nitrogens is 2. The van der Waals surface area contributed by atoms with E-state index in [1.807, 2.05) is 18.2 Å². The summed E-state index contributed by atoms with van der Waals surface area (Å²) in [5, 5.41) is 22.1. The number of nitrogens with one attached hydrogen (secondary N) is 1. The summed E-state index contributed by atoms with van der Waals surface area (Å²) >= 11 is 5.90. The van der Waals surface area contributed by atoms with Crippen molar-refractivity contribution in [2.75, 3.05) is 5.32 Å². The average Bonchev–Trinajstić information content (AvgIpc) is 2.42. The minimum absolute atomic E-state index is 0.227. The Balaban J connectivity index is 1.93. The maximum atomic E-state index is 9.22. The van der Waals surface area contributed by atoms with Gasteiger partial charge in [-0.05, 0) is 42.5 Å². The third-order valence-electron chi connectivity index (χ3n) is 2.69. The molecule has 19 heavy (non-hydrogen) atoms. The topological polar surface area (TPSA) is 58.0 Å². The van der Waals surface area contributed by atoms with Crippen LogP contribution in [0.3, 0.4) is 0 Å². The van der Waals surface area contributed by atoms with Crippen LogP contribution in [-0.4, -0.2) is 15.3 Å². The zero-order valence-corrected chi connectivity index (χ0v) is 10.6. The van der Waals surface area contributed by atoms with Crippen LogP contribution in [0.5, 0.6) is 5.75 Å². The minimum atomic E-state index is 0.227. The molecule has 3 aromatic rings. The predicted molar refractivity (Wildman–Crippen MR) is 75.9 cm³/mol. The first-order chi connectivity index (χ1) is 9.20. The molecule has 0 bridgehead atoms. The van der Waals surface area contributed by atoms with Crippen molar-refractivity contribution in [3.05, 3.63) is 53.6 Å². The van der Waals surface area contributed by atoms with Gasteiger partial charge in [-0.2, -0.15) is 0 Å². The second kappa shape index (κ2) is 4.74. The van der Waals surface area contributed by atoms with Gasteiger partial charge in [0.1, 0.15) is 5.75 Å². The van der Waals surface area contributed by atoms with Gasteiger partial charge in [0.25, 0.3) is 0 Å². The predicted octanol–water partition coefficient (Wildman–Crippen LogP) is 3.73. The molecule has 2 aromatic carbocycles. The number of phenolic OH excluding ortho intramolecular Hbond substituents is 1. The summed E-state index contributed by atoms with van der Waals surface area (Å²) in [7, 11) is 0. The largest absolute Gasteiger partial charge is 0.508 e. The number of anilines is 2. The summed E-state index contributed by atoms with van der Waals surface area (Å²) in [5.41, 5.74) is 1.59. The fraction of sp³-hybridized carbons (Fsp3) is 0.